The van der Waals surface area contributed by atoms with Gasteiger partial charge in [-0.3, -0.25) is 0 Å². The average molecular weight is 398 g/mol. The lowest BCUT2D eigenvalue weighted by atomic mass is 10.2. The SMILES string of the molecule is Cc1nc2ccccn2c1COC(=O)/C=C/c1cccc(OCc2ccccc2)c1. The van der Waals surface area contributed by atoms with Crippen LogP contribution in [0.25, 0.3) is 11.7 Å². The fourth-order valence-corrected chi connectivity index (χ4v) is 3.14. The van der Waals surface area contributed by atoms with Crippen molar-refractivity contribution in [3.8, 4) is 5.75 Å². The highest BCUT2D eigenvalue weighted by Crippen LogP contribution is 2.17. The van der Waals surface area contributed by atoms with Crippen molar-refractivity contribution < 1.29 is 14.3 Å². The molecule has 0 saturated carbocycles. The predicted octanol–water partition coefficient (Wildman–Crippen LogP) is 4.98. The van der Waals surface area contributed by atoms with E-state index >= 15 is 0 Å². The highest BCUT2D eigenvalue weighted by Gasteiger charge is 2.09. The van der Waals surface area contributed by atoms with Gasteiger partial charge in [0.15, 0.2) is 0 Å². The van der Waals surface area contributed by atoms with Crippen molar-refractivity contribution in [3.05, 3.63) is 108 Å². The fraction of sp³-hybridized carbons (Fsp3) is 0.120. The number of carbonyl (C=O) groups is 1. The van der Waals surface area contributed by atoms with E-state index in [0.29, 0.717) is 6.61 Å². The molecule has 0 unspecified atom stereocenters. The van der Waals surface area contributed by atoms with Crippen LogP contribution in [0.5, 0.6) is 5.75 Å². The topological polar surface area (TPSA) is 52.8 Å². The Balaban J connectivity index is 1.35. The minimum Gasteiger partial charge on any atom is -0.489 e. The maximum absolute atomic E-state index is 12.2. The summed E-state index contributed by atoms with van der Waals surface area (Å²) in [6.07, 6.45) is 5.06. The van der Waals surface area contributed by atoms with Gasteiger partial charge in [0.1, 0.15) is 24.6 Å². The van der Waals surface area contributed by atoms with Crippen molar-refractivity contribution in [1.29, 1.82) is 0 Å². The normalized spacial score (nSPS) is 11.1. The number of aromatic nitrogens is 2. The standard InChI is InChI=1S/C25H22N2O3/c1-19-23(27-15-6-5-12-24(27)26-19)18-30-25(28)14-13-20-10-7-11-22(16-20)29-17-21-8-3-2-4-9-21/h2-16H,17-18H2,1H3/b14-13+. The van der Waals surface area contributed by atoms with Crippen molar-refractivity contribution in [3.63, 3.8) is 0 Å². The van der Waals surface area contributed by atoms with Crippen LogP contribution in [0, 0.1) is 6.92 Å². The van der Waals surface area contributed by atoms with E-state index in [0.717, 1.165) is 33.9 Å². The summed E-state index contributed by atoms with van der Waals surface area (Å²) in [5.41, 5.74) is 4.52. The summed E-state index contributed by atoms with van der Waals surface area (Å²) in [7, 11) is 0. The van der Waals surface area contributed by atoms with Crippen LogP contribution in [0.4, 0.5) is 0 Å². The molecule has 0 aliphatic carbocycles. The largest absolute Gasteiger partial charge is 0.489 e. The minimum absolute atomic E-state index is 0.167. The first-order valence-corrected chi connectivity index (χ1v) is 9.73. The van der Waals surface area contributed by atoms with E-state index in [1.54, 1.807) is 6.08 Å². The fourth-order valence-electron chi connectivity index (χ4n) is 3.14. The molecule has 30 heavy (non-hydrogen) atoms. The van der Waals surface area contributed by atoms with Crippen molar-refractivity contribution in [2.24, 2.45) is 0 Å². The van der Waals surface area contributed by atoms with E-state index in [9.17, 15) is 4.79 Å². The number of hydrogen-bond acceptors (Lipinski definition) is 4. The second-order valence-electron chi connectivity index (χ2n) is 6.86. The Morgan fingerprint density at radius 3 is 2.70 bits per heavy atom. The highest BCUT2D eigenvalue weighted by atomic mass is 16.5. The molecule has 2 aromatic carbocycles. The number of esters is 1. The van der Waals surface area contributed by atoms with Crippen LogP contribution < -0.4 is 4.74 Å². The lowest BCUT2D eigenvalue weighted by molar-refractivity contribution is -0.139. The third-order valence-electron chi connectivity index (χ3n) is 4.70. The molecule has 150 valence electrons. The molecule has 5 nitrogen and oxygen atoms in total. The van der Waals surface area contributed by atoms with E-state index in [2.05, 4.69) is 4.98 Å². The maximum Gasteiger partial charge on any atom is 0.331 e. The van der Waals surface area contributed by atoms with Gasteiger partial charge in [0.2, 0.25) is 0 Å². The number of imidazole rings is 1. The van der Waals surface area contributed by atoms with Crippen LogP contribution >= 0.6 is 0 Å². The summed E-state index contributed by atoms with van der Waals surface area (Å²) < 4.78 is 13.2. The van der Waals surface area contributed by atoms with Crippen LogP contribution in [-0.2, 0) is 22.7 Å². The third-order valence-corrected chi connectivity index (χ3v) is 4.70. The average Bonchev–Trinajstić information content (AvgIpc) is 3.11. The van der Waals surface area contributed by atoms with Crippen LogP contribution in [0.3, 0.4) is 0 Å². The second-order valence-corrected chi connectivity index (χ2v) is 6.86. The number of carbonyl (C=O) groups excluding carboxylic acids is 1. The Morgan fingerprint density at radius 1 is 1.00 bits per heavy atom. The first-order valence-electron chi connectivity index (χ1n) is 9.73. The van der Waals surface area contributed by atoms with Gasteiger partial charge in [-0.05, 0) is 48.4 Å². The smallest absolute Gasteiger partial charge is 0.331 e. The lowest BCUT2D eigenvalue weighted by Crippen LogP contribution is -2.04. The quantitative estimate of drug-likeness (QED) is 0.325. The van der Waals surface area contributed by atoms with E-state index in [1.807, 2.05) is 90.3 Å². The van der Waals surface area contributed by atoms with Crippen LogP contribution in [-0.4, -0.2) is 15.4 Å². The van der Waals surface area contributed by atoms with Gasteiger partial charge in [-0.2, -0.15) is 0 Å². The highest BCUT2D eigenvalue weighted by molar-refractivity contribution is 5.87. The number of pyridine rings is 1. The Labute approximate surface area is 175 Å². The minimum atomic E-state index is -0.407. The van der Waals surface area contributed by atoms with E-state index in [4.69, 9.17) is 9.47 Å². The number of ether oxygens (including phenoxy) is 2. The molecule has 2 heterocycles. The molecule has 5 heteroatoms. The van der Waals surface area contributed by atoms with Gasteiger partial charge in [0, 0.05) is 12.3 Å². The molecule has 2 aromatic heterocycles. The Morgan fingerprint density at radius 2 is 1.83 bits per heavy atom. The number of hydrogen-bond donors (Lipinski definition) is 0. The Kier molecular flexibility index (Phi) is 5.90. The first kappa shape index (κ1) is 19.5. The van der Waals surface area contributed by atoms with Crippen LogP contribution in [0.15, 0.2) is 85.1 Å². The maximum atomic E-state index is 12.2. The molecule has 0 radical (unpaired) electrons. The van der Waals surface area contributed by atoms with Gasteiger partial charge in [-0.25, -0.2) is 9.78 Å². The lowest BCUT2D eigenvalue weighted by Gasteiger charge is -2.07. The number of nitrogens with zero attached hydrogens (tertiary/aromatic N) is 2. The van der Waals surface area contributed by atoms with Gasteiger partial charge in [-0.15, -0.1) is 0 Å². The summed E-state index contributed by atoms with van der Waals surface area (Å²) in [6, 6.07) is 23.3. The van der Waals surface area contributed by atoms with Gasteiger partial charge in [0.25, 0.3) is 0 Å². The molecule has 0 amide bonds. The molecule has 4 aromatic rings. The van der Waals surface area contributed by atoms with Crippen molar-refractivity contribution >= 4 is 17.7 Å². The molecule has 0 spiro atoms. The zero-order valence-electron chi connectivity index (χ0n) is 16.7. The molecule has 4 rings (SSSR count). The van der Waals surface area contributed by atoms with Crippen molar-refractivity contribution in [2.45, 2.75) is 20.1 Å². The zero-order chi connectivity index (χ0) is 20.8. The Hall–Kier alpha value is -3.86. The molecule has 0 N–H and O–H groups in total. The summed E-state index contributed by atoms with van der Waals surface area (Å²) in [5, 5.41) is 0. The number of rotatable bonds is 7. The Bertz CT molecular complexity index is 1180. The number of aryl methyl sites for hydroxylation is 1. The molecule has 0 aliphatic rings. The van der Waals surface area contributed by atoms with Gasteiger partial charge in [0.05, 0.1) is 11.4 Å². The predicted molar refractivity (Wildman–Crippen MR) is 116 cm³/mol. The molecule has 0 bridgehead atoms. The summed E-state index contributed by atoms with van der Waals surface area (Å²) >= 11 is 0. The van der Waals surface area contributed by atoms with Crippen LogP contribution in [0.2, 0.25) is 0 Å². The van der Waals surface area contributed by atoms with E-state index < -0.39 is 5.97 Å². The molecule has 0 fully saturated rings. The first-order chi connectivity index (χ1) is 14.7. The summed E-state index contributed by atoms with van der Waals surface area (Å²) in [4.78, 5) is 16.7. The molecule has 0 aliphatic heterocycles. The zero-order valence-corrected chi connectivity index (χ0v) is 16.7. The van der Waals surface area contributed by atoms with Gasteiger partial charge < -0.3 is 13.9 Å². The van der Waals surface area contributed by atoms with Crippen LogP contribution in [0.1, 0.15) is 22.5 Å². The van der Waals surface area contributed by atoms with Crippen molar-refractivity contribution in [2.75, 3.05) is 0 Å². The molecular weight excluding hydrogens is 376 g/mol. The molecular formula is C25H22N2O3. The van der Waals surface area contributed by atoms with E-state index in [1.165, 1.54) is 6.08 Å². The number of benzene rings is 2. The monoisotopic (exact) mass is 398 g/mol. The van der Waals surface area contributed by atoms with Gasteiger partial charge >= 0.3 is 5.97 Å². The van der Waals surface area contributed by atoms with Gasteiger partial charge in [-0.1, -0.05) is 48.5 Å². The molecule has 0 saturated heterocycles. The second kappa shape index (κ2) is 9.09. The summed E-state index contributed by atoms with van der Waals surface area (Å²) in [6.45, 7) is 2.57. The summed E-state index contributed by atoms with van der Waals surface area (Å²) in [5.74, 6) is 0.339. The molecule has 0 atom stereocenters. The third kappa shape index (κ3) is 4.75. The van der Waals surface area contributed by atoms with E-state index in [-0.39, 0.29) is 6.61 Å². The van der Waals surface area contributed by atoms with Crippen molar-refractivity contribution in [1.82, 2.24) is 9.38 Å². The number of fused-ring (bicyclic) bond motifs is 1.